The van der Waals surface area contributed by atoms with Crippen LogP contribution >= 0.6 is 11.6 Å². The number of nitrogens with one attached hydrogen (secondary N) is 1. The minimum atomic E-state index is -3.54. The molecule has 6 heteroatoms. The van der Waals surface area contributed by atoms with Crippen LogP contribution in [0.3, 0.4) is 0 Å². The molecule has 1 aromatic carbocycles. The standard InChI is InChI=1S/C15H17ClN2O2S/c16-11-6-8-12(9-7-11)18-21(19,20)15-5-1-4-14-13(15)3-2-10-17-14/h1-5,10-12,18H,6-9H2. The first-order chi connectivity index (χ1) is 10.1. The molecule has 1 aromatic heterocycles. The second-order valence-electron chi connectivity index (χ2n) is 5.40. The van der Waals surface area contributed by atoms with Crippen LogP contribution in [0.4, 0.5) is 0 Å². The Morgan fingerprint density at radius 1 is 1.10 bits per heavy atom. The number of sulfonamides is 1. The van der Waals surface area contributed by atoms with Crippen LogP contribution in [0.15, 0.2) is 41.4 Å². The third-order valence-electron chi connectivity index (χ3n) is 3.87. The van der Waals surface area contributed by atoms with Gasteiger partial charge in [0.25, 0.3) is 0 Å². The molecular formula is C15H17ClN2O2S. The van der Waals surface area contributed by atoms with E-state index in [1.165, 1.54) is 0 Å². The average molecular weight is 325 g/mol. The Hall–Kier alpha value is -1.17. The van der Waals surface area contributed by atoms with Crippen molar-refractivity contribution in [2.75, 3.05) is 0 Å². The van der Waals surface area contributed by atoms with Gasteiger partial charge in [0.1, 0.15) is 0 Å². The highest BCUT2D eigenvalue weighted by molar-refractivity contribution is 7.89. The second kappa shape index (κ2) is 5.91. The molecule has 21 heavy (non-hydrogen) atoms. The zero-order chi connectivity index (χ0) is 14.9. The van der Waals surface area contributed by atoms with Crippen LogP contribution in [0, 0.1) is 0 Å². The monoisotopic (exact) mass is 324 g/mol. The smallest absolute Gasteiger partial charge is 0.241 e. The number of rotatable bonds is 3. The summed E-state index contributed by atoms with van der Waals surface area (Å²) in [6.45, 7) is 0. The molecule has 0 unspecified atom stereocenters. The topological polar surface area (TPSA) is 59.1 Å². The van der Waals surface area contributed by atoms with Crippen LogP contribution in [0.25, 0.3) is 10.9 Å². The summed E-state index contributed by atoms with van der Waals surface area (Å²) in [6, 6.07) is 8.66. The maximum Gasteiger partial charge on any atom is 0.241 e. The summed E-state index contributed by atoms with van der Waals surface area (Å²) in [5.41, 5.74) is 0.685. The van der Waals surface area contributed by atoms with Crippen LogP contribution in [0.5, 0.6) is 0 Å². The van der Waals surface area contributed by atoms with Gasteiger partial charge in [0.2, 0.25) is 10.0 Å². The van der Waals surface area contributed by atoms with Gasteiger partial charge in [-0.3, -0.25) is 4.98 Å². The SMILES string of the molecule is O=S(=O)(NC1CCC(Cl)CC1)c1cccc2ncccc12. The van der Waals surface area contributed by atoms with E-state index in [0.717, 1.165) is 25.7 Å². The summed E-state index contributed by atoms with van der Waals surface area (Å²) in [7, 11) is -3.54. The molecule has 3 rings (SSSR count). The van der Waals surface area contributed by atoms with Crippen molar-refractivity contribution in [1.29, 1.82) is 0 Å². The lowest BCUT2D eigenvalue weighted by Crippen LogP contribution is -2.37. The van der Waals surface area contributed by atoms with Crippen LogP contribution in [0.2, 0.25) is 0 Å². The summed E-state index contributed by atoms with van der Waals surface area (Å²) < 4.78 is 28.1. The Labute approximate surface area is 129 Å². The Kier molecular flexibility index (Phi) is 4.15. The summed E-state index contributed by atoms with van der Waals surface area (Å²) in [5.74, 6) is 0. The Bertz CT molecular complexity index is 735. The molecule has 0 saturated heterocycles. The lowest BCUT2D eigenvalue weighted by atomic mass is 9.96. The van der Waals surface area contributed by atoms with Gasteiger partial charge >= 0.3 is 0 Å². The molecule has 0 atom stereocenters. The molecule has 0 radical (unpaired) electrons. The number of hydrogen-bond acceptors (Lipinski definition) is 3. The summed E-state index contributed by atoms with van der Waals surface area (Å²) in [6.07, 6.45) is 4.94. The van der Waals surface area contributed by atoms with Gasteiger partial charge in [0.05, 0.1) is 10.4 Å². The molecule has 4 nitrogen and oxygen atoms in total. The molecule has 1 aliphatic rings. The fraction of sp³-hybridized carbons (Fsp3) is 0.400. The molecule has 2 aromatic rings. The highest BCUT2D eigenvalue weighted by atomic mass is 35.5. The molecule has 1 N–H and O–H groups in total. The van der Waals surface area contributed by atoms with Crippen molar-refractivity contribution in [3.8, 4) is 0 Å². The predicted octanol–water partition coefficient (Wildman–Crippen LogP) is 3.06. The summed E-state index contributed by atoms with van der Waals surface area (Å²) >= 11 is 6.06. The van der Waals surface area contributed by atoms with Gasteiger partial charge in [-0.25, -0.2) is 13.1 Å². The first kappa shape index (κ1) is 14.8. The lowest BCUT2D eigenvalue weighted by molar-refractivity contribution is 0.416. The van der Waals surface area contributed by atoms with Crippen LogP contribution in [-0.4, -0.2) is 24.8 Å². The second-order valence-corrected chi connectivity index (χ2v) is 7.70. The number of pyridine rings is 1. The normalized spacial score (nSPS) is 23.3. The minimum absolute atomic E-state index is 0.0306. The largest absolute Gasteiger partial charge is 0.256 e. The van der Waals surface area contributed by atoms with Gasteiger partial charge in [0.15, 0.2) is 0 Å². The van der Waals surface area contributed by atoms with Crippen LogP contribution < -0.4 is 4.72 Å². The molecule has 0 bridgehead atoms. The van der Waals surface area contributed by atoms with Gasteiger partial charge < -0.3 is 0 Å². The number of nitrogens with zero attached hydrogens (tertiary/aromatic N) is 1. The summed E-state index contributed by atoms with van der Waals surface area (Å²) in [4.78, 5) is 4.50. The molecule has 0 amide bonds. The van der Waals surface area contributed by atoms with Gasteiger partial charge in [-0.15, -0.1) is 11.6 Å². The summed E-state index contributed by atoms with van der Waals surface area (Å²) in [5, 5.41) is 0.825. The number of alkyl halides is 1. The molecule has 1 heterocycles. The van der Waals surface area contributed by atoms with Crippen molar-refractivity contribution in [2.24, 2.45) is 0 Å². The van der Waals surface area contributed by atoms with E-state index in [0.29, 0.717) is 15.8 Å². The van der Waals surface area contributed by atoms with E-state index in [9.17, 15) is 8.42 Å². The third-order valence-corrected chi connectivity index (χ3v) is 5.89. The first-order valence-corrected chi connectivity index (χ1v) is 8.98. The Morgan fingerprint density at radius 2 is 1.86 bits per heavy atom. The van der Waals surface area contributed by atoms with Crippen molar-refractivity contribution < 1.29 is 8.42 Å². The number of hydrogen-bond donors (Lipinski definition) is 1. The highest BCUT2D eigenvalue weighted by Crippen LogP contribution is 2.26. The van der Waals surface area contributed by atoms with Gasteiger partial charge in [-0.2, -0.15) is 0 Å². The van der Waals surface area contributed by atoms with Crippen molar-refractivity contribution in [1.82, 2.24) is 9.71 Å². The van der Waals surface area contributed by atoms with Crippen LogP contribution in [0.1, 0.15) is 25.7 Å². The molecule has 1 fully saturated rings. The van der Waals surface area contributed by atoms with Crippen molar-refractivity contribution in [3.05, 3.63) is 36.5 Å². The van der Waals surface area contributed by atoms with Gasteiger partial charge in [-0.05, 0) is 49.9 Å². The quantitative estimate of drug-likeness (QED) is 0.883. The average Bonchev–Trinajstić information content (AvgIpc) is 2.49. The maximum absolute atomic E-state index is 12.6. The fourth-order valence-corrected chi connectivity index (χ4v) is 4.54. The number of halogens is 1. The van der Waals surface area contributed by atoms with Crippen molar-refractivity contribution in [3.63, 3.8) is 0 Å². The highest BCUT2D eigenvalue weighted by Gasteiger charge is 2.25. The van der Waals surface area contributed by atoms with E-state index < -0.39 is 10.0 Å². The van der Waals surface area contributed by atoms with E-state index in [2.05, 4.69) is 9.71 Å². The van der Waals surface area contributed by atoms with E-state index in [1.54, 1.807) is 30.5 Å². The van der Waals surface area contributed by atoms with E-state index >= 15 is 0 Å². The zero-order valence-electron chi connectivity index (χ0n) is 11.5. The first-order valence-electron chi connectivity index (χ1n) is 7.06. The number of benzene rings is 1. The molecular weight excluding hydrogens is 308 g/mol. The molecule has 1 saturated carbocycles. The van der Waals surface area contributed by atoms with E-state index in [4.69, 9.17) is 11.6 Å². The van der Waals surface area contributed by atoms with Crippen molar-refractivity contribution >= 4 is 32.5 Å². The van der Waals surface area contributed by atoms with Crippen molar-refractivity contribution in [2.45, 2.75) is 42.0 Å². The van der Waals surface area contributed by atoms with Gasteiger partial charge in [0, 0.05) is 23.0 Å². The molecule has 0 spiro atoms. The minimum Gasteiger partial charge on any atom is -0.256 e. The number of aromatic nitrogens is 1. The lowest BCUT2D eigenvalue weighted by Gasteiger charge is -2.25. The molecule has 1 aliphatic carbocycles. The molecule has 0 aliphatic heterocycles. The van der Waals surface area contributed by atoms with E-state index in [1.807, 2.05) is 6.07 Å². The Balaban J connectivity index is 1.90. The predicted molar refractivity (Wildman–Crippen MR) is 84.0 cm³/mol. The van der Waals surface area contributed by atoms with Crippen LogP contribution in [-0.2, 0) is 10.0 Å². The Morgan fingerprint density at radius 3 is 2.62 bits per heavy atom. The van der Waals surface area contributed by atoms with E-state index in [-0.39, 0.29) is 11.4 Å². The number of fused-ring (bicyclic) bond motifs is 1. The zero-order valence-corrected chi connectivity index (χ0v) is 13.1. The third kappa shape index (κ3) is 3.20. The molecule has 112 valence electrons. The van der Waals surface area contributed by atoms with Gasteiger partial charge in [-0.1, -0.05) is 6.07 Å². The maximum atomic E-state index is 12.6. The fourth-order valence-electron chi connectivity index (χ4n) is 2.76.